The molecular weight excluding hydrogens is 195 g/mol. The van der Waals surface area contributed by atoms with Gasteiger partial charge in [-0.3, -0.25) is 4.79 Å². The highest BCUT2D eigenvalue weighted by Crippen LogP contribution is 2.15. The van der Waals surface area contributed by atoms with E-state index < -0.39 is 6.17 Å². The molecule has 15 heavy (non-hydrogen) atoms. The maximum Gasteiger partial charge on any atom is 0.218 e. The summed E-state index contributed by atoms with van der Waals surface area (Å²) < 4.78 is 13.5. The van der Waals surface area contributed by atoms with Gasteiger partial charge in [-0.15, -0.1) is 0 Å². The van der Waals surface area contributed by atoms with Crippen LogP contribution in [0.5, 0.6) is 0 Å². The maximum absolute atomic E-state index is 13.5. The molecule has 0 aromatic heterocycles. The lowest BCUT2D eigenvalue weighted by Gasteiger charge is -2.09. The van der Waals surface area contributed by atoms with Gasteiger partial charge in [0.2, 0.25) is 5.91 Å². The summed E-state index contributed by atoms with van der Waals surface area (Å²) in [6, 6.07) is 8.91. The normalized spacial score (nSPS) is 12.3. The molecule has 0 fully saturated rings. The molecule has 0 aliphatic heterocycles. The monoisotopic (exact) mass is 210 g/mol. The first-order valence-electron chi connectivity index (χ1n) is 4.88. The zero-order valence-electron chi connectivity index (χ0n) is 8.45. The average molecular weight is 210 g/mol. The molecule has 0 aliphatic carbocycles. The second-order valence-electron chi connectivity index (χ2n) is 3.30. The van der Waals surface area contributed by atoms with E-state index >= 15 is 0 Å². The molecule has 0 heterocycles. The molecule has 3 nitrogen and oxygen atoms in total. The number of carbonyl (C=O) groups is 1. The van der Waals surface area contributed by atoms with Crippen LogP contribution in [0.2, 0.25) is 0 Å². The number of carbonyl (C=O) groups excluding carboxylic acids is 1. The van der Waals surface area contributed by atoms with Crippen LogP contribution in [-0.2, 0) is 4.79 Å². The van der Waals surface area contributed by atoms with Crippen molar-refractivity contribution in [1.82, 2.24) is 5.32 Å². The summed E-state index contributed by atoms with van der Waals surface area (Å²) in [6.07, 6.45) is -0.805. The largest absolute Gasteiger partial charge is 0.370 e. The summed E-state index contributed by atoms with van der Waals surface area (Å²) in [6.45, 7) is 0.625. The fourth-order valence-corrected chi connectivity index (χ4v) is 1.22. The van der Waals surface area contributed by atoms with E-state index in [1.807, 2.05) is 6.07 Å². The van der Waals surface area contributed by atoms with Gasteiger partial charge in [0, 0.05) is 19.5 Å². The number of benzene rings is 1. The zero-order chi connectivity index (χ0) is 11.1. The highest BCUT2D eigenvalue weighted by atomic mass is 19.1. The van der Waals surface area contributed by atoms with E-state index in [1.54, 1.807) is 24.3 Å². The fraction of sp³-hybridized carbons (Fsp3) is 0.364. The van der Waals surface area contributed by atoms with Gasteiger partial charge in [-0.1, -0.05) is 30.3 Å². The minimum absolute atomic E-state index is 0.206. The molecule has 0 radical (unpaired) electrons. The first kappa shape index (κ1) is 11.7. The summed E-state index contributed by atoms with van der Waals surface area (Å²) in [5.74, 6) is -0.377. The lowest BCUT2D eigenvalue weighted by molar-refractivity contribution is -0.117. The Kier molecular flexibility index (Phi) is 4.77. The van der Waals surface area contributed by atoms with Gasteiger partial charge >= 0.3 is 0 Å². The van der Waals surface area contributed by atoms with Crippen molar-refractivity contribution in [2.45, 2.75) is 12.6 Å². The Morgan fingerprint density at radius 3 is 2.67 bits per heavy atom. The molecule has 1 unspecified atom stereocenters. The number of alkyl halides is 1. The van der Waals surface area contributed by atoms with Crippen LogP contribution in [0.25, 0.3) is 0 Å². The van der Waals surface area contributed by atoms with Gasteiger partial charge in [0.25, 0.3) is 0 Å². The Hall–Kier alpha value is -1.42. The van der Waals surface area contributed by atoms with E-state index in [4.69, 9.17) is 5.73 Å². The summed E-state index contributed by atoms with van der Waals surface area (Å²) in [4.78, 5) is 10.4. The molecule has 0 saturated carbocycles. The predicted molar refractivity (Wildman–Crippen MR) is 57.0 cm³/mol. The number of amides is 1. The Labute approximate surface area is 88.5 Å². The second kappa shape index (κ2) is 6.14. The van der Waals surface area contributed by atoms with Crippen LogP contribution in [-0.4, -0.2) is 19.0 Å². The lowest BCUT2D eigenvalue weighted by atomic mass is 10.1. The van der Waals surface area contributed by atoms with Gasteiger partial charge in [-0.2, -0.15) is 0 Å². The van der Waals surface area contributed by atoms with Crippen LogP contribution in [0.1, 0.15) is 18.2 Å². The van der Waals surface area contributed by atoms with Crippen LogP contribution >= 0.6 is 0 Å². The number of nitrogens with two attached hydrogens (primary N) is 1. The third-order valence-corrected chi connectivity index (χ3v) is 2.03. The molecule has 4 heteroatoms. The Morgan fingerprint density at radius 1 is 1.40 bits per heavy atom. The minimum atomic E-state index is -1.04. The topological polar surface area (TPSA) is 55.1 Å². The predicted octanol–water partition coefficient (Wildman–Crippen LogP) is 1.16. The van der Waals surface area contributed by atoms with Crippen LogP contribution < -0.4 is 11.1 Å². The Balaban J connectivity index is 2.25. The third kappa shape index (κ3) is 4.56. The van der Waals surface area contributed by atoms with Crippen molar-refractivity contribution in [3.63, 3.8) is 0 Å². The van der Waals surface area contributed by atoms with Crippen LogP contribution in [0.4, 0.5) is 4.39 Å². The van der Waals surface area contributed by atoms with Gasteiger partial charge in [0.05, 0.1) is 0 Å². The smallest absolute Gasteiger partial charge is 0.218 e. The van der Waals surface area contributed by atoms with Gasteiger partial charge in [0.1, 0.15) is 6.17 Å². The summed E-state index contributed by atoms with van der Waals surface area (Å²) >= 11 is 0. The highest BCUT2D eigenvalue weighted by Gasteiger charge is 2.07. The van der Waals surface area contributed by atoms with Gasteiger partial charge < -0.3 is 11.1 Å². The number of halogens is 1. The SMILES string of the molecule is NC(=O)CCNCC(F)c1ccccc1. The van der Waals surface area contributed by atoms with E-state index in [0.717, 1.165) is 0 Å². The molecule has 1 aromatic carbocycles. The molecule has 0 aliphatic rings. The van der Waals surface area contributed by atoms with E-state index in [9.17, 15) is 9.18 Å². The van der Waals surface area contributed by atoms with Crippen LogP contribution in [0.3, 0.4) is 0 Å². The zero-order valence-corrected chi connectivity index (χ0v) is 8.45. The minimum Gasteiger partial charge on any atom is -0.370 e. The van der Waals surface area contributed by atoms with E-state index in [1.165, 1.54) is 0 Å². The van der Waals surface area contributed by atoms with Gasteiger partial charge in [0.15, 0.2) is 0 Å². The number of rotatable bonds is 6. The van der Waals surface area contributed by atoms with Gasteiger partial charge in [-0.25, -0.2) is 4.39 Å². The van der Waals surface area contributed by atoms with Crippen molar-refractivity contribution in [3.8, 4) is 0 Å². The Bertz CT molecular complexity index is 303. The number of primary amides is 1. The standard InChI is InChI=1S/C11H15FN2O/c12-10(8-14-7-6-11(13)15)9-4-2-1-3-5-9/h1-5,10,14H,6-8H2,(H2,13,15). The van der Waals surface area contributed by atoms with E-state index in [-0.39, 0.29) is 18.9 Å². The number of hydrogen-bond donors (Lipinski definition) is 2. The molecule has 1 rings (SSSR count). The first-order chi connectivity index (χ1) is 7.20. The molecule has 3 N–H and O–H groups in total. The fourth-order valence-electron chi connectivity index (χ4n) is 1.22. The molecule has 0 saturated heterocycles. The average Bonchev–Trinajstić information content (AvgIpc) is 2.25. The summed E-state index contributed by atoms with van der Waals surface area (Å²) in [7, 11) is 0. The maximum atomic E-state index is 13.5. The van der Waals surface area contributed by atoms with E-state index in [0.29, 0.717) is 12.1 Å². The van der Waals surface area contributed by atoms with E-state index in [2.05, 4.69) is 5.32 Å². The van der Waals surface area contributed by atoms with Crippen LogP contribution in [0, 0.1) is 0 Å². The quantitative estimate of drug-likeness (QED) is 0.692. The molecular formula is C11H15FN2O. The van der Waals surface area contributed by atoms with Crippen molar-refractivity contribution in [1.29, 1.82) is 0 Å². The van der Waals surface area contributed by atoms with Crippen molar-refractivity contribution < 1.29 is 9.18 Å². The third-order valence-electron chi connectivity index (χ3n) is 2.03. The Morgan fingerprint density at radius 2 is 2.07 bits per heavy atom. The van der Waals surface area contributed by atoms with Crippen molar-refractivity contribution >= 4 is 5.91 Å². The molecule has 1 amide bonds. The number of nitrogens with one attached hydrogen (secondary N) is 1. The number of hydrogen-bond acceptors (Lipinski definition) is 2. The van der Waals surface area contributed by atoms with Crippen molar-refractivity contribution in [3.05, 3.63) is 35.9 Å². The molecule has 82 valence electrons. The summed E-state index contributed by atoms with van der Waals surface area (Å²) in [5.41, 5.74) is 5.59. The van der Waals surface area contributed by atoms with Crippen LogP contribution in [0.15, 0.2) is 30.3 Å². The van der Waals surface area contributed by atoms with Gasteiger partial charge in [-0.05, 0) is 5.56 Å². The summed E-state index contributed by atoms with van der Waals surface area (Å²) in [5, 5.41) is 2.84. The highest BCUT2D eigenvalue weighted by molar-refractivity contribution is 5.73. The molecule has 1 aromatic rings. The molecule has 0 bridgehead atoms. The van der Waals surface area contributed by atoms with Crippen molar-refractivity contribution in [2.24, 2.45) is 5.73 Å². The molecule has 0 spiro atoms. The molecule has 1 atom stereocenters. The van der Waals surface area contributed by atoms with Crippen molar-refractivity contribution in [2.75, 3.05) is 13.1 Å². The second-order valence-corrected chi connectivity index (χ2v) is 3.30. The lowest BCUT2D eigenvalue weighted by Crippen LogP contribution is -2.25. The first-order valence-corrected chi connectivity index (χ1v) is 4.88.